The fraction of sp³-hybridized carbons (Fsp3) is 0.481. The maximum absolute atomic E-state index is 12.8. The van der Waals surface area contributed by atoms with Gasteiger partial charge in [0.2, 0.25) is 0 Å². The van der Waals surface area contributed by atoms with Gasteiger partial charge in [-0.3, -0.25) is 15.0 Å². The van der Waals surface area contributed by atoms with Crippen LogP contribution in [0.1, 0.15) is 54.7 Å². The minimum atomic E-state index is -0.485. The van der Waals surface area contributed by atoms with Crippen LogP contribution in [0.15, 0.2) is 48.5 Å². The molecule has 2 aromatic rings. The molecule has 1 aliphatic rings. The van der Waals surface area contributed by atoms with Crippen LogP contribution in [0.5, 0.6) is 0 Å². The van der Waals surface area contributed by atoms with E-state index in [4.69, 9.17) is 4.74 Å². The summed E-state index contributed by atoms with van der Waals surface area (Å²) in [5, 5.41) is 2.78. The Kier molecular flexibility index (Phi) is 9.48. The number of benzene rings is 2. The standard InChI is InChI=1S/C27H38N4O3/c1-5-15-29-16-18-31(19-17-29)25(23-9-8-10-24(20-23)28-27(33)34-4)21-11-13-22(14-12-21)26(32)30(6-2)7-3/h8-14,20,25H,5-7,15-19H2,1-4H3,(H,28,33)/t25-/m0/s1. The van der Waals surface area contributed by atoms with Gasteiger partial charge < -0.3 is 14.5 Å². The molecule has 7 nitrogen and oxygen atoms in total. The van der Waals surface area contributed by atoms with Gasteiger partial charge in [0, 0.05) is 50.5 Å². The summed E-state index contributed by atoms with van der Waals surface area (Å²) in [4.78, 5) is 31.4. The predicted molar refractivity (Wildman–Crippen MR) is 136 cm³/mol. The SMILES string of the molecule is CCCN1CCN([C@@H](c2ccc(C(=O)N(CC)CC)cc2)c2cccc(NC(=O)OC)c2)CC1. The van der Waals surface area contributed by atoms with Gasteiger partial charge in [0.05, 0.1) is 13.2 Å². The van der Waals surface area contributed by atoms with Crippen LogP contribution in [-0.2, 0) is 4.74 Å². The Labute approximate surface area is 203 Å². The van der Waals surface area contributed by atoms with E-state index in [0.717, 1.165) is 50.3 Å². The molecule has 1 heterocycles. The lowest BCUT2D eigenvalue weighted by atomic mass is 9.95. The second kappa shape index (κ2) is 12.5. The summed E-state index contributed by atoms with van der Waals surface area (Å²) in [6.07, 6.45) is 0.674. The van der Waals surface area contributed by atoms with Gasteiger partial charge >= 0.3 is 6.09 Å². The number of carbonyl (C=O) groups excluding carboxylic acids is 2. The number of anilines is 1. The molecule has 0 aromatic heterocycles. The molecular formula is C27H38N4O3. The number of hydrogen-bond donors (Lipinski definition) is 1. The van der Waals surface area contributed by atoms with Crippen molar-refractivity contribution in [3.63, 3.8) is 0 Å². The van der Waals surface area contributed by atoms with E-state index in [2.05, 4.69) is 40.2 Å². The summed E-state index contributed by atoms with van der Waals surface area (Å²) in [6, 6.07) is 16.0. The van der Waals surface area contributed by atoms with E-state index in [1.54, 1.807) is 0 Å². The van der Waals surface area contributed by atoms with Crippen LogP contribution in [0, 0.1) is 0 Å². The molecule has 7 heteroatoms. The highest BCUT2D eigenvalue weighted by atomic mass is 16.5. The van der Waals surface area contributed by atoms with Crippen molar-refractivity contribution in [1.29, 1.82) is 0 Å². The van der Waals surface area contributed by atoms with Gasteiger partial charge in [-0.15, -0.1) is 0 Å². The van der Waals surface area contributed by atoms with E-state index in [-0.39, 0.29) is 11.9 Å². The summed E-state index contributed by atoms with van der Waals surface area (Å²) in [5.74, 6) is 0.0607. The Bertz CT molecular complexity index is 935. The van der Waals surface area contributed by atoms with Crippen molar-refractivity contribution in [1.82, 2.24) is 14.7 Å². The van der Waals surface area contributed by atoms with Crippen LogP contribution < -0.4 is 5.32 Å². The molecule has 184 valence electrons. The van der Waals surface area contributed by atoms with Crippen LogP contribution in [0.25, 0.3) is 0 Å². The molecule has 1 atom stereocenters. The summed E-state index contributed by atoms with van der Waals surface area (Å²) < 4.78 is 4.76. The molecule has 0 aliphatic carbocycles. The number of ether oxygens (including phenoxy) is 1. The molecule has 3 rings (SSSR count). The first-order valence-corrected chi connectivity index (χ1v) is 12.3. The van der Waals surface area contributed by atoms with Gasteiger partial charge in [-0.25, -0.2) is 4.79 Å². The largest absolute Gasteiger partial charge is 0.453 e. The van der Waals surface area contributed by atoms with Crippen molar-refractivity contribution in [2.45, 2.75) is 33.2 Å². The monoisotopic (exact) mass is 466 g/mol. The summed E-state index contributed by atoms with van der Waals surface area (Å²) in [6.45, 7) is 12.7. The van der Waals surface area contributed by atoms with Crippen molar-refractivity contribution in [3.8, 4) is 0 Å². The number of rotatable bonds is 9. The molecule has 1 N–H and O–H groups in total. The van der Waals surface area contributed by atoms with Gasteiger partial charge in [-0.1, -0.05) is 31.2 Å². The van der Waals surface area contributed by atoms with Crippen molar-refractivity contribution >= 4 is 17.7 Å². The van der Waals surface area contributed by atoms with E-state index in [0.29, 0.717) is 24.3 Å². The maximum atomic E-state index is 12.8. The van der Waals surface area contributed by atoms with Gasteiger partial charge in [0.15, 0.2) is 0 Å². The van der Waals surface area contributed by atoms with Crippen molar-refractivity contribution < 1.29 is 14.3 Å². The Balaban J connectivity index is 1.91. The number of carbonyl (C=O) groups is 2. The third kappa shape index (κ3) is 6.36. The van der Waals surface area contributed by atoms with Gasteiger partial charge in [0.1, 0.15) is 0 Å². The van der Waals surface area contributed by atoms with Crippen molar-refractivity contribution in [2.75, 3.05) is 58.2 Å². The molecule has 1 fully saturated rings. The Morgan fingerprint density at radius 1 is 0.971 bits per heavy atom. The lowest BCUT2D eigenvalue weighted by Crippen LogP contribution is -2.47. The lowest BCUT2D eigenvalue weighted by Gasteiger charge is -2.40. The first-order chi connectivity index (χ1) is 16.5. The average molecular weight is 467 g/mol. The third-order valence-electron chi connectivity index (χ3n) is 6.47. The summed E-state index contributed by atoms with van der Waals surface area (Å²) >= 11 is 0. The van der Waals surface area contributed by atoms with Crippen LogP contribution in [-0.4, -0.2) is 79.6 Å². The molecular weight excluding hydrogens is 428 g/mol. The van der Waals surface area contributed by atoms with E-state index < -0.39 is 6.09 Å². The van der Waals surface area contributed by atoms with Crippen molar-refractivity contribution in [3.05, 3.63) is 65.2 Å². The molecule has 1 saturated heterocycles. The quantitative estimate of drug-likeness (QED) is 0.591. The normalized spacial score (nSPS) is 15.5. The molecule has 34 heavy (non-hydrogen) atoms. The second-order valence-corrected chi connectivity index (χ2v) is 8.62. The van der Waals surface area contributed by atoms with E-state index >= 15 is 0 Å². The summed E-state index contributed by atoms with van der Waals surface area (Å²) in [7, 11) is 1.36. The highest BCUT2D eigenvalue weighted by molar-refractivity contribution is 5.94. The zero-order chi connectivity index (χ0) is 24.5. The van der Waals surface area contributed by atoms with Gasteiger partial charge in [-0.05, 0) is 62.2 Å². The minimum absolute atomic E-state index is 0.0285. The van der Waals surface area contributed by atoms with Crippen LogP contribution in [0.2, 0.25) is 0 Å². The number of hydrogen-bond acceptors (Lipinski definition) is 5. The fourth-order valence-corrected chi connectivity index (χ4v) is 4.63. The first kappa shape index (κ1) is 25.7. The first-order valence-electron chi connectivity index (χ1n) is 12.3. The van der Waals surface area contributed by atoms with Crippen LogP contribution in [0.3, 0.4) is 0 Å². The van der Waals surface area contributed by atoms with E-state index in [1.807, 2.05) is 49.1 Å². The molecule has 0 unspecified atom stereocenters. The van der Waals surface area contributed by atoms with Crippen molar-refractivity contribution in [2.24, 2.45) is 0 Å². The van der Waals surface area contributed by atoms with E-state index in [1.165, 1.54) is 7.11 Å². The number of methoxy groups -OCH3 is 1. The zero-order valence-electron chi connectivity index (χ0n) is 20.9. The van der Waals surface area contributed by atoms with Crippen LogP contribution in [0.4, 0.5) is 10.5 Å². The molecule has 1 aliphatic heterocycles. The Morgan fingerprint density at radius 2 is 1.65 bits per heavy atom. The Hall–Kier alpha value is -2.90. The molecule has 2 amide bonds. The van der Waals surface area contributed by atoms with Gasteiger partial charge in [-0.2, -0.15) is 0 Å². The number of amides is 2. The lowest BCUT2D eigenvalue weighted by molar-refractivity contribution is 0.0773. The molecule has 0 bridgehead atoms. The Morgan fingerprint density at radius 3 is 2.24 bits per heavy atom. The smallest absolute Gasteiger partial charge is 0.411 e. The summed E-state index contributed by atoms with van der Waals surface area (Å²) in [5.41, 5.74) is 3.64. The number of piperazine rings is 1. The average Bonchev–Trinajstić information content (AvgIpc) is 2.86. The molecule has 2 aromatic carbocycles. The zero-order valence-corrected chi connectivity index (χ0v) is 20.9. The topological polar surface area (TPSA) is 65.1 Å². The minimum Gasteiger partial charge on any atom is -0.453 e. The molecule has 0 saturated carbocycles. The molecule has 0 spiro atoms. The third-order valence-corrected chi connectivity index (χ3v) is 6.47. The molecule has 0 radical (unpaired) electrons. The highest BCUT2D eigenvalue weighted by Gasteiger charge is 2.27. The number of nitrogens with zero attached hydrogens (tertiary/aromatic N) is 3. The maximum Gasteiger partial charge on any atom is 0.411 e. The number of nitrogens with one attached hydrogen (secondary N) is 1. The van der Waals surface area contributed by atoms with E-state index in [9.17, 15) is 9.59 Å². The predicted octanol–water partition coefficient (Wildman–Crippen LogP) is 4.46. The highest BCUT2D eigenvalue weighted by Crippen LogP contribution is 2.31. The van der Waals surface area contributed by atoms with Crippen LogP contribution >= 0.6 is 0 Å². The van der Waals surface area contributed by atoms with Gasteiger partial charge in [0.25, 0.3) is 5.91 Å². The fourth-order valence-electron chi connectivity index (χ4n) is 4.63. The second-order valence-electron chi connectivity index (χ2n) is 8.62.